The summed E-state index contributed by atoms with van der Waals surface area (Å²) in [5.74, 6) is -3.48. The molecule has 0 aliphatic carbocycles. The van der Waals surface area contributed by atoms with Gasteiger partial charge in [-0.15, -0.1) is 6.04 Å². The van der Waals surface area contributed by atoms with E-state index < -0.39 is 29.9 Å². The fourth-order valence-electron chi connectivity index (χ4n) is 5.35. The van der Waals surface area contributed by atoms with Gasteiger partial charge in [0.1, 0.15) is 0 Å². The van der Waals surface area contributed by atoms with E-state index in [0.29, 0.717) is 6.42 Å². The van der Waals surface area contributed by atoms with Crippen molar-refractivity contribution in [2.45, 2.75) is 233 Å². The number of hydrogen-bond donors (Lipinski definition) is 2. The molecule has 55 heavy (non-hydrogen) atoms. The Morgan fingerprint density at radius 1 is 0.582 bits per heavy atom. The third kappa shape index (κ3) is 70.8. The van der Waals surface area contributed by atoms with Crippen LogP contribution in [0.5, 0.6) is 0 Å². The molecule has 9 heteroatoms. The van der Waals surface area contributed by atoms with Gasteiger partial charge in [-0.2, -0.15) is 0 Å². The minimum Gasteiger partial charge on any atom is -0.670 e. The van der Waals surface area contributed by atoms with Crippen molar-refractivity contribution in [2.75, 3.05) is 6.54 Å². The average Bonchev–Trinajstić information content (AvgIpc) is 3.14. The normalized spacial score (nSPS) is 11.7. The van der Waals surface area contributed by atoms with Crippen LogP contribution in [0.15, 0.2) is 24.3 Å². The molecule has 322 valence electrons. The molecule has 0 aromatic rings. The second kappa shape index (κ2) is 56.9. The Morgan fingerprint density at radius 3 is 1.13 bits per heavy atom. The number of carbonyl (C=O) groups is 3. The van der Waals surface area contributed by atoms with E-state index in [1.54, 1.807) is 0 Å². The first-order chi connectivity index (χ1) is 26.0. The van der Waals surface area contributed by atoms with Gasteiger partial charge in [0.05, 0.1) is 6.54 Å². The summed E-state index contributed by atoms with van der Waals surface area (Å²) in [6.45, 7) is 12.4. The van der Waals surface area contributed by atoms with Crippen LogP contribution in [-0.2, 0) is 14.4 Å². The molecule has 0 amide bonds. The number of carboxylic acid groups (broad SMARTS) is 3. The van der Waals surface area contributed by atoms with Crippen LogP contribution in [0, 0.1) is 12.8 Å². The third-order valence-electron chi connectivity index (χ3n) is 9.01. The largest absolute Gasteiger partial charge is 2.00 e. The van der Waals surface area contributed by atoms with E-state index in [1.165, 1.54) is 161 Å². The molecule has 0 aromatic heterocycles. The molecule has 0 saturated heterocycles. The molecule has 0 aliphatic heterocycles. The summed E-state index contributed by atoms with van der Waals surface area (Å²) in [5, 5.41) is 28.0. The number of nitrogens with one attached hydrogen (secondary N) is 1. The fourth-order valence-corrected chi connectivity index (χ4v) is 5.35. The number of rotatable bonds is 35. The van der Waals surface area contributed by atoms with Crippen LogP contribution in [0.3, 0.4) is 0 Å². The van der Waals surface area contributed by atoms with Crippen LogP contribution in [0.2, 0.25) is 0 Å². The van der Waals surface area contributed by atoms with Gasteiger partial charge in [0.2, 0.25) is 0 Å². The number of hydrogen-bond acceptors (Lipinski definition) is 5. The topological polar surface area (TPSA) is 169 Å². The second-order valence-corrected chi connectivity index (χ2v) is 14.7. The quantitative estimate of drug-likeness (QED) is 0.0280. The average molecular weight is 791 g/mol. The summed E-state index contributed by atoms with van der Waals surface area (Å²) in [7, 11) is 0. The van der Waals surface area contributed by atoms with Crippen LogP contribution in [0.4, 0.5) is 0 Å². The van der Waals surface area contributed by atoms with Gasteiger partial charge in [-0.1, -0.05) is 180 Å². The van der Waals surface area contributed by atoms with Gasteiger partial charge >= 0.3 is 23.1 Å². The second-order valence-electron chi connectivity index (χ2n) is 14.7. The number of allylic oxidation sites excluding steroid dienone is 4. The minimum atomic E-state index is -1.32. The smallest absolute Gasteiger partial charge is 0.670 e. The van der Waals surface area contributed by atoms with Gasteiger partial charge in [0.25, 0.3) is 5.97 Å². The van der Waals surface area contributed by atoms with Crippen molar-refractivity contribution >= 4 is 41.0 Å². The number of quaternary nitrogens is 1. The van der Waals surface area contributed by atoms with Gasteiger partial charge in [0.15, 0.2) is 0 Å². The van der Waals surface area contributed by atoms with Gasteiger partial charge in [-0.3, -0.25) is 4.79 Å². The maximum absolute atomic E-state index is 10.2. The standard InChI is InChI=1S/C18H34O2.C18H36.C7H14NO2.C3H6NO2.Mg/c1-2-3-4-5-6-7-8-9-10-11-12-13-14-15-16-17-18(19)20;1-3-5-7-9-11-13-15-17-18-16-14-12-10-8-6-4-2;1-6(7(9)10)4-2-3-5-8;1-2(4)3(5)6;/h9-10H,2-8,11-17H2,1H3,(H,19,20);17-18H,3-16H2,1-2H3;6H,1-5,8H2,(H,9,10);2,4H,1H3,(H,5,6);/q;;2*-1;+2/p-1/b10-9-;18-17-;;;/t;;6-;2-;/m..00./s1. The van der Waals surface area contributed by atoms with E-state index in [1.807, 2.05) is 0 Å². The van der Waals surface area contributed by atoms with Crippen molar-refractivity contribution in [1.82, 2.24) is 0 Å². The molecule has 0 rings (SSSR count). The van der Waals surface area contributed by atoms with Gasteiger partial charge in [0, 0.05) is 11.9 Å². The van der Waals surface area contributed by atoms with Crippen LogP contribution in [0.1, 0.15) is 227 Å². The van der Waals surface area contributed by atoms with Crippen LogP contribution >= 0.6 is 0 Å². The summed E-state index contributed by atoms with van der Waals surface area (Å²) < 4.78 is 0. The van der Waals surface area contributed by atoms with Crippen molar-refractivity contribution < 1.29 is 35.4 Å². The molecule has 0 bridgehead atoms. The number of carboxylic acids is 3. The molecule has 0 aliphatic rings. The molecule has 0 saturated carbocycles. The molecule has 5 N–H and O–H groups in total. The van der Waals surface area contributed by atoms with Crippen LogP contribution < -0.4 is 15.9 Å². The Kier molecular flexibility index (Phi) is 64.9. The van der Waals surface area contributed by atoms with Gasteiger partial charge < -0.3 is 43.3 Å². The van der Waals surface area contributed by atoms with E-state index in [4.69, 9.17) is 10.8 Å². The van der Waals surface area contributed by atoms with E-state index in [9.17, 15) is 24.6 Å². The molecule has 2 atom stereocenters. The number of aliphatic carboxylic acids is 3. The summed E-state index contributed by atoms with van der Waals surface area (Å²) in [6, 6.07) is -1.09. The van der Waals surface area contributed by atoms with E-state index in [-0.39, 0.29) is 29.5 Å². The predicted octanol–water partition coefficient (Wildman–Crippen LogP) is 10.5. The van der Waals surface area contributed by atoms with Crippen molar-refractivity contribution in [1.29, 1.82) is 0 Å². The Hall–Kier alpha value is -1.42. The first-order valence-corrected chi connectivity index (χ1v) is 22.3. The molecular formula is C46H89MgN2O6-. The zero-order valence-electron chi connectivity index (χ0n) is 36.7. The maximum atomic E-state index is 10.2. The van der Waals surface area contributed by atoms with E-state index >= 15 is 0 Å². The molecule has 0 fully saturated rings. The SMILES string of the molecule is CCCCCCCC/C=C\CCCCCCCC.CCCCCCCC/C=C\CCCCCCCC(=O)[O-].C[C@H]([NH-])C(=O)[O-].[CH2-][C@@H](CCCC[NH3+])C(=O)O.[Mg+2]. The zero-order chi connectivity index (χ0) is 41.3. The van der Waals surface area contributed by atoms with Crippen LogP contribution in [0.25, 0.3) is 5.73 Å². The molecular weight excluding hydrogens is 701 g/mol. The summed E-state index contributed by atoms with van der Waals surface area (Å²) in [4.78, 5) is 29.8. The maximum Gasteiger partial charge on any atom is 2.00 e. The van der Waals surface area contributed by atoms with E-state index in [0.717, 1.165) is 38.6 Å². The van der Waals surface area contributed by atoms with Crippen LogP contribution in [-0.4, -0.2) is 58.7 Å². The van der Waals surface area contributed by atoms with Gasteiger partial charge in [-0.25, -0.2) is 0 Å². The van der Waals surface area contributed by atoms with E-state index in [2.05, 4.69) is 57.7 Å². The Bertz CT molecular complexity index is 804. The predicted molar refractivity (Wildman–Crippen MR) is 232 cm³/mol. The first kappa shape index (κ1) is 62.8. The van der Waals surface area contributed by atoms with Crippen molar-refractivity contribution in [3.05, 3.63) is 37.0 Å². The minimum absolute atomic E-state index is 0. The Balaban J connectivity index is -0.000000217. The van der Waals surface area contributed by atoms with Gasteiger partial charge in [-0.05, 0) is 77.0 Å². The summed E-state index contributed by atoms with van der Waals surface area (Å²) in [5.41, 5.74) is 10.0. The molecule has 0 heterocycles. The fraction of sp³-hybridized carbons (Fsp3) is 0.826. The monoisotopic (exact) mass is 790 g/mol. The number of carbonyl (C=O) groups excluding carboxylic acids is 2. The number of unbranched alkanes of at least 4 members (excludes halogenated alkanes) is 24. The zero-order valence-corrected chi connectivity index (χ0v) is 38.1. The summed E-state index contributed by atoms with van der Waals surface area (Å²) >= 11 is 0. The van der Waals surface area contributed by atoms with Crippen molar-refractivity contribution in [2.24, 2.45) is 5.92 Å². The molecule has 0 spiro atoms. The van der Waals surface area contributed by atoms with Crippen molar-refractivity contribution in [3.63, 3.8) is 0 Å². The first-order valence-electron chi connectivity index (χ1n) is 22.3. The Morgan fingerprint density at radius 2 is 0.873 bits per heavy atom. The molecule has 8 nitrogen and oxygen atoms in total. The summed E-state index contributed by atoms with van der Waals surface area (Å²) in [6.07, 6.45) is 47.9. The van der Waals surface area contributed by atoms with Crippen molar-refractivity contribution in [3.8, 4) is 0 Å². The molecule has 0 unspecified atom stereocenters. The molecule has 0 radical (unpaired) electrons. The molecule has 0 aromatic carbocycles. The third-order valence-corrected chi connectivity index (χ3v) is 9.01. The Labute approximate surface area is 357 Å².